The van der Waals surface area contributed by atoms with Crippen LogP contribution in [0.25, 0.3) is 128 Å². The summed E-state index contributed by atoms with van der Waals surface area (Å²) >= 11 is 0. The number of hydrogen-bond donors (Lipinski definition) is 0. The van der Waals surface area contributed by atoms with Crippen molar-refractivity contribution in [1.82, 2.24) is 19.5 Å². The van der Waals surface area contributed by atoms with E-state index in [0.717, 1.165) is 88.5 Å². The Morgan fingerprint density at radius 3 is 1.48 bits per heavy atom. The predicted molar refractivity (Wildman–Crippen MR) is 256 cm³/mol. The number of rotatable bonds is 6. The SMILES string of the molecule is c1ccc(-c2nc(-c3ccc4c(c3)oc3ccccc34)nc(-c3ccc4c(c3)oc3ccc(-c5ccccc5-c5ccc6c7ccccc7n(-c7ccccc7)c6c5)cc34)n2)cc1. The molecule has 0 saturated heterocycles. The third-order valence-corrected chi connectivity index (χ3v) is 12.3. The average Bonchev–Trinajstić information content (AvgIpc) is 4.03. The molecule has 0 unspecified atom stereocenters. The van der Waals surface area contributed by atoms with E-state index in [1.54, 1.807) is 0 Å². The number of para-hydroxylation sites is 3. The van der Waals surface area contributed by atoms with Crippen molar-refractivity contribution >= 4 is 65.7 Å². The summed E-state index contributed by atoms with van der Waals surface area (Å²) in [5.74, 6) is 1.72. The van der Waals surface area contributed by atoms with Crippen LogP contribution >= 0.6 is 0 Å². The second-order valence-electron chi connectivity index (χ2n) is 16.0. The fourth-order valence-corrected chi connectivity index (χ4v) is 9.28. The highest BCUT2D eigenvalue weighted by molar-refractivity contribution is 6.11. The van der Waals surface area contributed by atoms with Crippen LogP contribution in [-0.4, -0.2) is 19.5 Å². The number of nitrogens with zero attached hydrogens (tertiary/aromatic N) is 4. The van der Waals surface area contributed by atoms with E-state index in [1.165, 1.54) is 21.8 Å². The highest BCUT2D eigenvalue weighted by Crippen LogP contribution is 2.41. The molecule has 0 aliphatic carbocycles. The van der Waals surface area contributed by atoms with Crippen molar-refractivity contribution < 1.29 is 8.83 Å². The first kappa shape index (κ1) is 35.2. The average molecular weight is 807 g/mol. The Morgan fingerprint density at radius 2 is 0.762 bits per heavy atom. The predicted octanol–water partition coefficient (Wildman–Crippen LogP) is 15.1. The summed E-state index contributed by atoms with van der Waals surface area (Å²) in [4.78, 5) is 15.1. The molecule has 0 bridgehead atoms. The van der Waals surface area contributed by atoms with Gasteiger partial charge in [0, 0.05) is 54.7 Å². The molecule has 0 fully saturated rings. The van der Waals surface area contributed by atoms with Crippen LogP contribution in [0, 0.1) is 0 Å². The molecule has 4 aromatic heterocycles. The van der Waals surface area contributed by atoms with Crippen LogP contribution in [-0.2, 0) is 0 Å². The standard InChI is InChI=1S/C57H34N4O2/c1-3-13-35(14-4-1)55-58-56(38-24-28-46-45-20-10-12-22-51(45)62-53(46)33-38)60-57(59-55)39-25-29-47-48-31-36(26-30-52(48)63-54(47)34-39)41-17-7-8-18-42(41)37-23-27-44-43-19-9-11-21-49(43)61(50(44)32-37)40-15-5-2-6-16-40/h1-34H. The summed E-state index contributed by atoms with van der Waals surface area (Å²) in [6.07, 6.45) is 0. The third-order valence-electron chi connectivity index (χ3n) is 12.3. The number of furan rings is 2. The topological polar surface area (TPSA) is 69.9 Å². The third kappa shape index (κ3) is 5.76. The molecule has 6 nitrogen and oxygen atoms in total. The molecule has 0 radical (unpaired) electrons. The first-order valence-corrected chi connectivity index (χ1v) is 21.1. The normalized spacial score (nSPS) is 11.8. The van der Waals surface area contributed by atoms with E-state index in [1.807, 2.05) is 60.7 Å². The second kappa shape index (κ2) is 14.0. The Labute approximate surface area is 361 Å². The van der Waals surface area contributed by atoms with Crippen molar-refractivity contribution in [1.29, 1.82) is 0 Å². The quantitative estimate of drug-likeness (QED) is 0.167. The van der Waals surface area contributed by atoms with E-state index in [2.05, 4.69) is 150 Å². The maximum Gasteiger partial charge on any atom is 0.164 e. The monoisotopic (exact) mass is 806 g/mol. The first-order chi connectivity index (χ1) is 31.2. The van der Waals surface area contributed by atoms with E-state index in [-0.39, 0.29) is 0 Å². The van der Waals surface area contributed by atoms with Crippen molar-refractivity contribution in [3.05, 3.63) is 206 Å². The molecule has 294 valence electrons. The van der Waals surface area contributed by atoms with Gasteiger partial charge in [-0.1, -0.05) is 140 Å². The Balaban J connectivity index is 0.906. The molecule has 0 N–H and O–H groups in total. The highest BCUT2D eigenvalue weighted by atomic mass is 16.3. The zero-order chi connectivity index (χ0) is 41.4. The smallest absolute Gasteiger partial charge is 0.164 e. The van der Waals surface area contributed by atoms with Gasteiger partial charge in [0.25, 0.3) is 0 Å². The van der Waals surface area contributed by atoms with Gasteiger partial charge in [-0.25, -0.2) is 15.0 Å². The maximum absolute atomic E-state index is 6.57. The molecule has 0 amide bonds. The Morgan fingerprint density at radius 1 is 0.286 bits per heavy atom. The first-order valence-electron chi connectivity index (χ1n) is 21.1. The summed E-state index contributed by atoms with van der Waals surface area (Å²) in [5, 5.41) is 6.68. The van der Waals surface area contributed by atoms with Crippen LogP contribution in [0.15, 0.2) is 215 Å². The molecular formula is C57H34N4O2. The van der Waals surface area contributed by atoms with Crippen molar-refractivity contribution in [2.24, 2.45) is 0 Å². The van der Waals surface area contributed by atoms with Gasteiger partial charge in [0.1, 0.15) is 22.3 Å². The number of fused-ring (bicyclic) bond motifs is 9. The molecule has 0 atom stereocenters. The molecule has 0 spiro atoms. The van der Waals surface area contributed by atoms with Gasteiger partial charge in [0.2, 0.25) is 0 Å². The van der Waals surface area contributed by atoms with Gasteiger partial charge < -0.3 is 13.4 Å². The van der Waals surface area contributed by atoms with Gasteiger partial charge >= 0.3 is 0 Å². The molecule has 13 rings (SSSR count). The van der Waals surface area contributed by atoms with Crippen LogP contribution in [0.5, 0.6) is 0 Å². The minimum atomic E-state index is 0.559. The Hall–Kier alpha value is -8.61. The minimum absolute atomic E-state index is 0.559. The Bertz CT molecular complexity index is 3920. The van der Waals surface area contributed by atoms with Crippen molar-refractivity contribution in [2.75, 3.05) is 0 Å². The largest absolute Gasteiger partial charge is 0.456 e. The fourth-order valence-electron chi connectivity index (χ4n) is 9.28. The summed E-state index contributed by atoms with van der Waals surface area (Å²) in [6, 6.07) is 71.8. The number of aromatic nitrogens is 4. The van der Waals surface area contributed by atoms with Crippen molar-refractivity contribution in [3.63, 3.8) is 0 Å². The minimum Gasteiger partial charge on any atom is -0.456 e. The second-order valence-corrected chi connectivity index (χ2v) is 16.0. The number of hydrogen-bond acceptors (Lipinski definition) is 5. The zero-order valence-corrected chi connectivity index (χ0v) is 33.7. The van der Waals surface area contributed by atoms with E-state index < -0.39 is 0 Å². The van der Waals surface area contributed by atoms with E-state index in [4.69, 9.17) is 23.8 Å². The van der Waals surface area contributed by atoms with Crippen LogP contribution in [0.4, 0.5) is 0 Å². The van der Waals surface area contributed by atoms with Crippen LogP contribution in [0.2, 0.25) is 0 Å². The van der Waals surface area contributed by atoms with Gasteiger partial charge in [0.05, 0.1) is 11.0 Å². The van der Waals surface area contributed by atoms with E-state index in [9.17, 15) is 0 Å². The summed E-state index contributed by atoms with van der Waals surface area (Å²) in [6.45, 7) is 0. The van der Waals surface area contributed by atoms with Gasteiger partial charge in [-0.15, -0.1) is 0 Å². The van der Waals surface area contributed by atoms with Gasteiger partial charge in [-0.3, -0.25) is 0 Å². The molecule has 63 heavy (non-hydrogen) atoms. The maximum atomic E-state index is 6.57. The molecule has 6 heteroatoms. The molecule has 0 saturated carbocycles. The summed E-state index contributed by atoms with van der Waals surface area (Å²) < 4.78 is 15.2. The summed E-state index contributed by atoms with van der Waals surface area (Å²) in [7, 11) is 0. The van der Waals surface area contributed by atoms with Gasteiger partial charge in [-0.2, -0.15) is 0 Å². The lowest BCUT2D eigenvalue weighted by molar-refractivity contribution is 0.668. The van der Waals surface area contributed by atoms with Crippen molar-refractivity contribution in [3.8, 4) is 62.1 Å². The lowest BCUT2D eigenvalue weighted by Crippen LogP contribution is -2.00. The van der Waals surface area contributed by atoms with Crippen LogP contribution in [0.3, 0.4) is 0 Å². The van der Waals surface area contributed by atoms with Gasteiger partial charge in [-0.05, 0) is 89.0 Å². The lowest BCUT2D eigenvalue weighted by Gasteiger charge is -2.12. The lowest BCUT2D eigenvalue weighted by atomic mass is 9.93. The molecule has 13 aromatic rings. The van der Waals surface area contributed by atoms with Crippen LogP contribution < -0.4 is 0 Å². The van der Waals surface area contributed by atoms with E-state index in [0.29, 0.717) is 17.5 Å². The highest BCUT2D eigenvalue weighted by Gasteiger charge is 2.19. The Kier molecular flexibility index (Phi) is 7.80. The zero-order valence-electron chi connectivity index (χ0n) is 33.7. The summed E-state index contributed by atoms with van der Waals surface area (Å²) in [5.41, 5.74) is 13.9. The van der Waals surface area contributed by atoms with Gasteiger partial charge in [0.15, 0.2) is 17.5 Å². The molecule has 9 aromatic carbocycles. The molecule has 0 aliphatic heterocycles. The van der Waals surface area contributed by atoms with Crippen molar-refractivity contribution in [2.45, 2.75) is 0 Å². The molecular weight excluding hydrogens is 773 g/mol. The molecule has 0 aliphatic rings. The number of benzene rings is 9. The fraction of sp³-hybridized carbons (Fsp3) is 0. The van der Waals surface area contributed by atoms with E-state index >= 15 is 0 Å². The molecule has 4 heterocycles. The van der Waals surface area contributed by atoms with Crippen LogP contribution in [0.1, 0.15) is 0 Å².